The van der Waals surface area contributed by atoms with Crippen molar-refractivity contribution < 1.29 is 14.6 Å². The Hall–Kier alpha value is -2.08. The predicted molar refractivity (Wildman–Crippen MR) is 102 cm³/mol. The molecule has 1 atom stereocenters. The fourth-order valence-electron chi connectivity index (χ4n) is 2.84. The molecule has 0 unspecified atom stereocenters. The van der Waals surface area contributed by atoms with Crippen LogP contribution in [-0.4, -0.2) is 28.3 Å². The van der Waals surface area contributed by atoms with E-state index in [0.717, 1.165) is 10.6 Å². The van der Waals surface area contributed by atoms with Gasteiger partial charge in [-0.1, -0.05) is 35.3 Å². The first-order valence-corrected chi connectivity index (χ1v) is 8.80. The Morgan fingerprint density at radius 2 is 1.92 bits per heavy atom. The molecule has 0 saturated heterocycles. The van der Waals surface area contributed by atoms with E-state index >= 15 is 0 Å². The van der Waals surface area contributed by atoms with E-state index in [1.54, 1.807) is 49.4 Å². The summed E-state index contributed by atoms with van der Waals surface area (Å²) in [4.78, 5) is 12.7. The van der Waals surface area contributed by atoms with Crippen molar-refractivity contribution in [3.63, 3.8) is 0 Å². The van der Waals surface area contributed by atoms with Gasteiger partial charge in [0, 0.05) is 27.7 Å². The lowest BCUT2D eigenvalue weighted by atomic mass is 9.98. The fourth-order valence-corrected chi connectivity index (χ4v) is 3.08. The van der Waals surface area contributed by atoms with Gasteiger partial charge in [-0.2, -0.15) is 10.1 Å². The highest BCUT2D eigenvalue weighted by atomic mass is 35.5. The van der Waals surface area contributed by atoms with Gasteiger partial charge >= 0.3 is 0 Å². The van der Waals surface area contributed by atoms with E-state index in [2.05, 4.69) is 5.10 Å². The number of amides is 1. The predicted octanol–water partition coefficient (Wildman–Crippen LogP) is 4.13. The van der Waals surface area contributed by atoms with Crippen molar-refractivity contribution in [1.82, 2.24) is 5.01 Å². The van der Waals surface area contributed by atoms with Crippen molar-refractivity contribution in [3.8, 4) is 5.75 Å². The Bertz CT molecular complexity index is 868. The number of aryl methyl sites for hydroxylation is 1. The van der Waals surface area contributed by atoms with Gasteiger partial charge < -0.3 is 9.84 Å². The van der Waals surface area contributed by atoms with Crippen LogP contribution < -0.4 is 4.74 Å². The SMILES string of the molecule is CC1=NN(C(=O)COc2ccc(Cl)c(C)c2)[C@@](O)(c2ccc(Cl)cc2)C1. The molecule has 26 heavy (non-hydrogen) atoms. The van der Waals surface area contributed by atoms with E-state index < -0.39 is 11.6 Å². The van der Waals surface area contributed by atoms with Crippen molar-refractivity contribution in [2.24, 2.45) is 5.10 Å². The van der Waals surface area contributed by atoms with Crippen LogP contribution in [0.4, 0.5) is 0 Å². The number of rotatable bonds is 4. The Labute approximate surface area is 161 Å². The van der Waals surface area contributed by atoms with Crippen LogP contribution in [0.3, 0.4) is 0 Å². The second-order valence-corrected chi connectivity index (χ2v) is 7.08. The molecule has 0 aliphatic carbocycles. The van der Waals surface area contributed by atoms with Crippen LogP contribution in [0.1, 0.15) is 24.5 Å². The van der Waals surface area contributed by atoms with E-state index in [0.29, 0.717) is 27.1 Å². The first-order valence-electron chi connectivity index (χ1n) is 8.04. The normalized spacial score (nSPS) is 19.4. The largest absolute Gasteiger partial charge is 0.484 e. The van der Waals surface area contributed by atoms with Gasteiger partial charge in [-0.3, -0.25) is 4.79 Å². The lowest BCUT2D eigenvalue weighted by Gasteiger charge is -2.31. The van der Waals surface area contributed by atoms with Gasteiger partial charge in [-0.15, -0.1) is 0 Å². The summed E-state index contributed by atoms with van der Waals surface area (Å²) in [6, 6.07) is 11.8. The summed E-state index contributed by atoms with van der Waals surface area (Å²) in [5.41, 5.74) is 0.492. The standard InChI is InChI=1S/C19H18Cl2N2O3/c1-12-9-16(7-8-17(12)21)26-11-18(24)23-19(25,10-13(2)22-23)14-3-5-15(20)6-4-14/h3-9,25H,10-11H2,1-2H3/t19-/m0/s1. The van der Waals surface area contributed by atoms with E-state index in [-0.39, 0.29) is 13.0 Å². The number of halogens is 2. The number of ether oxygens (including phenoxy) is 1. The maximum atomic E-state index is 12.7. The summed E-state index contributed by atoms with van der Waals surface area (Å²) < 4.78 is 5.55. The second kappa shape index (κ2) is 7.27. The van der Waals surface area contributed by atoms with Gasteiger partial charge in [-0.05, 0) is 49.7 Å². The van der Waals surface area contributed by atoms with Gasteiger partial charge in [0.15, 0.2) is 12.3 Å². The van der Waals surface area contributed by atoms with Crippen LogP contribution >= 0.6 is 23.2 Å². The molecule has 1 heterocycles. The molecule has 136 valence electrons. The Kier molecular flexibility index (Phi) is 5.23. The summed E-state index contributed by atoms with van der Waals surface area (Å²) in [5, 5.41) is 17.6. The number of carbonyl (C=O) groups excluding carboxylic acids is 1. The zero-order valence-electron chi connectivity index (χ0n) is 14.4. The summed E-state index contributed by atoms with van der Waals surface area (Å²) in [7, 11) is 0. The van der Waals surface area contributed by atoms with Crippen LogP contribution in [0.2, 0.25) is 10.0 Å². The molecular weight excluding hydrogens is 375 g/mol. The summed E-state index contributed by atoms with van der Waals surface area (Å²) in [6.07, 6.45) is 0.223. The van der Waals surface area contributed by atoms with E-state index in [4.69, 9.17) is 27.9 Å². The molecule has 0 spiro atoms. The number of hydrogen-bond donors (Lipinski definition) is 1. The first kappa shape index (κ1) is 18.7. The van der Waals surface area contributed by atoms with Gasteiger partial charge in [0.25, 0.3) is 5.91 Å². The number of hydrogen-bond acceptors (Lipinski definition) is 4. The van der Waals surface area contributed by atoms with Crippen LogP contribution in [-0.2, 0) is 10.5 Å². The lowest BCUT2D eigenvalue weighted by Crippen LogP contribution is -2.45. The van der Waals surface area contributed by atoms with Gasteiger partial charge in [0.05, 0.1) is 0 Å². The minimum absolute atomic E-state index is 0.223. The Balaban J connectivity index is 1.77. The van der Waals surface area contributed by atoms with Crippen molar-refractivity contribution >= 4 is 34.8 Å². The first-order chi connectivity index (χ1) is 12.3. The van der Waals surface area contributed by atoms with Crippen LogP contribution in [0.15, 0.2) is 47.6 Å². The zero-order valence-corrected chi connectivity index (χ0v) is 15.9. The molecule has 3 rings (SSSR count). The van der Waals surface area contributed by atoms with Gasteiger partial charge in [-0.25, -0.2) is 0 Å². The third-order valence-electron chi connectivity index (χ3n) is 4.16. The molecule has 2 aromatic carbocycles. The Morgan fingerprint density at radius 3 is 2.58 bits per heavy atom. The second-order valence-electron chi connectivity index (χ2n) is 6.24. The number of carbonyl (C=O) groups is 1. The van der Waals surface area contributed by atoms with Crippen LogP contribution in [0, 0.1) is 6.92 Å². The molecule has 1 aliphatic heterocycles. The molecule has 1 N–H and O–H groups in total. The maximum absolute atomic E-state index is 12.7. The van der Waals surface area contributed by atoms with Crippen molar-refractivity contribution in [2.45, 2.75) is 26.0 Å². The molecule has 0 radical (unpaired) electrons. The molecule has 1 aliphatic rings. The summed E-state index contributed by atoms with van der Waals surface area (Å²) in [5.74, 6) is 0.0714. The van der Waals surface area contributed by atoms with Crippen molar-refractivity contribution in [2.75, 3.05) is 6.61 Å². The smallest absolute Gasteiger partial charge is 0.283 e. The quantitative estimate of drug-likeness (QED) is 0.850. The number of nitrogens with zero attached hydrogens (tertiary/aromatic N) is 2. The number of benzene rings is 2. The zero-order chi connectivity index (χ0) is 18.9. The van der Waals surface area contributed by atoms with Crippen LogP contribution in [0.25, 0.3) is 0 Å². The molecule has 5 nitrogen and oxygen atoms in total. The highest BCUT2D eigenvalue weighted by Gasteiger charge is 2.44. The molecule has 2 aromatic rings. The monoisotopic (exact) mass is 392 g/mol. The van der Waals surface area contributed by atoms with Gasteiger partial charge in [0.2, 0.25) is 0 Å². The van der Waals surface area contributed by atoms with Crippen LogP contribution in [0.5, 0.6) is 5.75 Å². The topological polar surface area (TPSA) is 62.1 Å². The third kappa shape index (κ3) is 3.70. The van der Waals surface area contributed by atoms with Crippen molar-refractivity contribution in [3.05, 3.63) is 63.6 Å². The van der Waals surface area contributed by atoms with Gasteiger partial charge in [0.1, 0.15) is 5.75 Å². The highest BCUT2D eigenvalue weighted by Crippen LogP contribution is 2.35. The van der Waals surface area contributed by atoms with E-state index in [9.17, 15) is 9.90 Å². The summed E-state index contributed by atoms with van der Waals surface area (Å²) in [6.45, 7) is 3.36. The number of hydrazone groups is 1. The molecule has 1 amide bonds. The van der Waals surface area contributed by atoms with Crippen molar-refractivity contribution in [1.29, 1.82) is 0 Å². The average Bonchev–Trinajstić information content (AvgIpc) is 2.92. The molecule has 0 saturated carbocycles. The Morgan fingerprint density at radius 1 is 1.23 bits per heavy atom. The molecule has 0 fully saturated rings. The summed E-state index contributed by atoms with van der Waals surface area (Å²) >= 11 is 11.9. The minimum atomic E-state index is -1.55. The third-order valence-corrected chi connectivity index (χ3v) is 4.83. The van der Waals surface area contributed by atoms with E-state index in [1.165, 1.54) is 0 Å². The van der Waals surface area contributed by atoms with E-state index in [1.807, 2.05) is 6.92 Å². The highest BCUT2D eigenvalue weighted by molar-refractivity contribution is 6.31. The molecular formula is C19H18Cl2N2O3. The minimum Gasteiger partial charge on any atom is -0.484 e. The number of aliphatic hydroxyl groups is 1. The molecule has 0 aromatic heterocycles. The average molecular weight is 393 g/mol. The maximum Gasteiger partial charge on any atom is 0.283 e. The molecule has 7 heteroatoms. The molecule has 0 bridgehead atoms. The lowest BCUT2D eigenvalue weighted by molar-refractivity contribution is -0.159. The fraction of sp³-hybridized carbons (Fsp3) is 0.263.